The summed E-state index contributed by atoms with van der Waals surface area (Å²) in [6.45, 7) is 4.74. The molecule has 0 aliphatic carbocycles. The maximum Gasteiger partial charge on any atom is 0.242 e. The van der Waals surface area contributed by atoms with E-state index >= 15 is 0 Å². The Morgan fingerprint density at radius 3 is 2.26 bits per heavy atom. The molecule has 192 valence electrons. The van der Waals surface area contributed by atoms with Gasteiger partial charge in [-0.1, -0.05) is 49.4 Å². The molecule has 0 fully saturated rings. The lowest BCUT2D eigenvalue weighted by Gasteiger charge is -2.31. The van der Waals surface area contributed by atoms with Crippen molar-refractivity contribution in [1.29, 1.82) is 0 Å². The molecule has 0 aromatic heterocycles. The summed E-state index contributed by atoms with van der Waals surface area (Å²) in [6.07, 6.45) is 2.67. The SMILES string of the molecule is CCNC(=O)[C@H](CC)N(CCc1ccccc1)C(=O)CCCN(c1ccccc1OC)S(C)(=O)=O. The standard InChI is InChI=1S/C26H37N3O5S/c1-5-22(26(31)27-6-2)28(20-18-21-13-8-7-9-14-21)25(30)17-12-19-29(35(4,32)33)23-15-10-11-16-24(23)34-3/h7-11,13-16,22H,5-6,12,17-20H2,1-4H3,(H,27,31)/t22-/m0/s1. The molecule has 1 N–H and O–H groups in total. The highest BCUT2D eigenvalue weighted by Gasteiger charge is 2.28. The van der Waals surface area contributed by atoms with Crippen LogP contribution in [0.2, 0.25) is 0 Å². The van der Waals surface area contributed by atoms with Gasteiger partial charge in [0.05, 0.1) is 19.1 Å². The van der Waals surface area contributed by atoms with Gasteiger partial charge in [-0.2, -0.15) is 0 Å². The minimum absolute atomic E-state index is 0.117. The van der Waals surface area contributed by atoms with Crippen molar-refractivity contribution in [2.24, 2.45) is 0 Å². The summed E-state index contributed by atoms with van der Waals surface area (Å²) in [5.41, 5.74) is 1.51. The topological polar surface area (TPSA) is 96.0 Å². The second kappa shape index (κ2) is 13.7. The summed E-state index contributed by atoms with van der Waals surface area (Å²) < 4.78 is 31.6. The van der Waals surface area contributed by atoms with Gasteiger partial charge < -0.3 is 15.0 Å². The van der Waals surface area contributed by atoms with Crippen molar-refractivity contribution >= 4 is 27.5 Å². The molecule has 1 atom stereocenters. The third-order valence-electron chi connectivity index (χ3n) is 5.73. The molecule has 0 saturated carbocycles. The zero-order valence-electron chi connectivity index (χ0n) is 21.1. The van der Waals surface area contributed by atoms with Crippen molar-refractivity contribution in [1.82, 2.24) is 10.2 Å². The summed E-state index contributed by atoms with van der Waals surface area (Å²) >= 11 is 0. The number of hydrogen-bond donors (Lipinski definition) is 1. The molecule has 0 spiro atoms. The van der Waals surface area contributed by atoms with Crippen molar-refractivity contribution < 1.29 is 22.7 Å². The summed E-state index contributed by atoms with van der Waals surface area (Å²) in [7, 11) is -2.11. The molecular formula is C26H37N3O5S. The molecule has 2 aromatic rings. The molecule has 0 bridgehead atoms. The number of hydrogen-bond acceptors (Lipinski definition) is 5. The van der Waals surface area contributed by atoms with Gasteiger partial charge in [0.25, 0.3) is 0 Å². The second-order valence-electron chi connectivity index (χ2n) is 8.25. The number of methoxy groups -OCH3 is 1. The number of nitrogens with one attached hydrogen (secondary N) is 1. The number of carbonyl (C=O) groups is 2. The summed E-state index contributed by atoms with van der Waals surface area (Å²) in [4.78, 5) is 27.6. The Bertz CT molecular complexity index is 1060. The highest BCUT2D eigenvalue weighted by atomic mass is 32.2. The first-order valence-electron chi connectivity index (χ1n) is 11.9. The lowest BCUT2D eigenvalue weighted by molar-refractivity contribution is -0.140. The molecule has 2 rings (SSSR count). The van der Waals surface area contributed by atoms with E-state index < -0.39 is 16.1 Å². The first-order chi connectivity index (χ1) is 16.7. The average molecular weight is 504 g/mol. The van der Waals surface area contributed by atoms with Crippen LogP contribution in [-0.4, -0.2) is 64.2 Å². The molecule has 0 radical (unpaired) electrons. The van der Waals surface area contributed by atoms with Crippen LogP contribution in [0.3, 0.4) is 0 Å². The molecule has 0 aliphatic heterocycles. The van der Waals surface area contributed by atoms with Gasteiger partial charge in [-0.05, 0) is 43.9 Å². The van der Waals surface area contributed by atoms with Gasteiger partial charge in [0.1, 0.15) is 11.8 Å². The number of anilines is 1. The van der Waals surface area contributed by atoms with E-state index in [0.29, 0.717) is 43.8 Å². The molecule has 2 amide bonds. The number of carbonyl (C=O) groups excluding carboxylic acids is 2. The predicted octanol–water partition coefficient (Wildman–Crippen LogP) is 3.23. The average Bonchev–Trinajstić information content (AvgIpc) is 2.84. The monoisotopic (exact) mass is 503 g/mol. The highest BCUT2D eigenvalue weighted by Crippen LogP contribution is 2.29. The minimum Gasteiger partial charge on any atom is -0.495 e. The van der Waals surface area contributed by atoms with Crippen molar-refractivity contribution in [3.63, 3.8) is 0 Å². The maximum absolute atomic E-state index is 13.3. The number of sulfonamides is 1. The van der Waals surface area contributed by atoms with E-state index in [2.05, 4.69) is 5.32 Å². The van der Waals surface area contributed by atoms with Crippen LogP contribution in [0, 0.1) is 0 Å². The van der Waals surface area contributed by atoms with Crippen LogP contribution in [0.15, 0.2) is 54.6 Å². The molecule has 0 saturated heterocycles. The lowest BCUT2D eigenvalue weighted by Crippen LogP contribution is -2.50. The zero-order chi connectivity index (χ0) is 25.8. The van der Waals surface area contributed by atoms with Crippen LogP contribution in [0.4, 0.5) is 5.69 Å². The van der Waals surface area contributed by atoms with Gasteiger partial charge in [0.2, 0.25) is 21.8 Å². The van der Waals surface area contributed by atoms with Crippen LogP contribution in [0.5, 0.6) is 5.75 Å². The number of benzene rings is 2. The fourth-order valence-electron chi connectivity index (χ4n) is 4.01. The van der Waals surface area contributed by atoms with E-state index in [-0.39, 0.29) is 24.8 Å². The van der Waals surface area contributed by atoms with Crippen LogP contribution < -0.4 is 14.4 Å². The predicted molar refractivity (Wildman–Crippen MR) is 139 cm³/mol. The Balaban J connectivity index is 2.16. The fraction of sp³-hybridized carbons (Fsp3) is 0.462. The van der Waals surface area contributed by atoms with E-state index in [4.69, 9.17) is 4.74 Å². The van der Waals surface area contributed by atoms with E-state index in [1.807, 2.05) is 44.2 Å². The van der Waals surface area contributed by atoms with Gasteiger partial charge in [-0.15, -0.1) is 0 Å². The number of ether oxygens (including phenoxy) is 1. The number of nitrogens with zero attached hydrogens (tertiary/aromatic N) is 2. The molecule has 9 heteroatoms. The van der Waals surface area contributed by atoms with Gasteiger partial charge in [-0.25, -0.2) is 8.42 Å². The lowest BCUT2D eigenvalue weighted by atomic mass is 10.1. The van der Waals surface area contributed by atoms with Crippen LogP contribution >= 0.6 is 0 Å². The van der Waals surface area contributed by atoms with Gasteiger partial charge in [0.15, 0.2) is 0 Å². The van der Waals surface area contributed by atoms with Crippen LogP contribution in [0.1, 0.15) is 38.7 Å². The Morgan fingerprint density at radius 1 is 1.00 bits per heavy atom. The Hall–Kier alpha value is -3.07. The zero-order valence-corrected chi connectivity index (χ0v) is 21.9. The molecule has 0 heterocycles. The Kier molecular flexibility index (Phi) is 11.0. The summed E-state index contributed by atoms with van der Waals surface area (Å²) in [5.74, 6) is 0.0896. The normalized spacial score (nSPS) is 12.0. The van der Waals surface area contributed by atoms with E-state index in [1.165, 1.54) is 11.4 Å². The molecule has 35 heavy (non-hydrogen) atoms. The van der Waals surface area contributed by atoms with Crippen LogP contribution in [-0.2, 0) is 26.0 Å². The number of likely N-dealkylation sites (N-methyl/N-ethyl adjacent to an activating group) is 1. The third-order valence-corrected chi connectivity index (χ3v) is 6.91. The molecule has 0 unspecified atom stereocenters. The molecule has 8 nitrogen and oxygen atoms in total. The van der Waals surface area contributed by atoms with Crippen LogP contribution in [0.25, 0.3) is 0 Å². The molecular weight excluding hydrogens is 466 g/mol. The number of amides is 2. The van der Waals surface area contributed by atoms with Crippen molar-refractivity contribution in [2.75, 3.05) is 37.3 Å². The van der Waals surface area contributed by atoms with E-state index in [0.717, 1.165) is 11.8 Å². The maximum atomic E-state index is 13.3. The minimum atomic E-state index is -3.59. The third kappa shape index (κ3) is 8.28. The quantitative estimate of drug-likeness (QED) is 0.427. The van der Waals surface area contributed by atoms with E-state index in [1.54, 1.807) is 29.2 Å². The molecule has 2 aromatic carbocycles. The van der Waals surface area contributed by atoms with E-state index in [9.17, 15) is 18.0 Å². The highest BCUT2D eigenvalue weighted by molar-refractivity contribution is 7.92. The number of para-hydroxylation sites is 2. The van der Waals surface area contributed by atoms with Gasteiger partial charge in [-0.3, -0.25) is 13.9 Å². The molecule has 0 aliphatic rings. The second-order valence-corrected chi connectivity index (χ2v) is 10.2. The summed E-state index contributed by atoms with van der Waals surface area (Å²) in [6, 6.07) is 16.1. The largest absolute Gasteiger partial charge is 0.495 e. The van der Waals surface area contributed by atoms with Gasteiger partial charge in [0, 0.05) is 26.1 Å². The fourth-order valence-corrected chi connectivity index (χ4v) is 4.98. The van der Waals surface area contributed by atoms with Crippen molar-refractivity contribution in [2.45, 2.75) is 45.6 Å². The van der Waals surface area contributed by atoms with Crippen molar-refractivity contribution in [3.8, 4) is 5.75 Å². The Labute approximate surface area is 209 Å². The smallest absolute Gasteiger partial charge is 0.242 e. The first kappa shape index (κ1) is 28.2. The number of rotatable bonds is 14. The Morgan fingerprint density at radius 2 is 1.66 bits per heavy atom. The van der Waals surface area contributed by atoms with Gasteiger partial charge >= 0.3 is 0 Å². The summed E-state index contributed by atoms with van der Waals surface area (Å²) in [5, 5.41) is 2.82. The van der Waals surface area contributed by atoms with Crippen molar-refractivity contribution in [3.05, 3.63) is 60.2 Å². The first-order valence-corrected chi connectivity index (χ1v) is 13.8.